The summed E-state index contributed by atoms with van der Waals surface area (Å²) in [5.74, 6) is 0.271. The van der Waals surface area contributed by atoms with Gasteiger partial charge in [0.25, 0.3) is 0 Å². The van der Waals surface area contributed by atoms with Crippen molar-refractivity contribution in [2.45, 2.75) is 45.6 Å². The van der Waals surface area contributed by atoms with E-state index in [2.05, 4.69) is 12.2 Å². The van der Waals surface area contributed by atoms with Gasteiger partial charge in [-0.3, -0.25) is 4.79 Å². The molecule has 1 heterocycles. The minimum atomic E-state index is 0.0231. The number of hydrogen-bond donors (Lipinski definition) is 1. The molecule has 1 aliphatic heterocycles. The SMILES string of the molecule is CCCCCCN1CCNC(C)C1=O. The Bertz CT molecular complexity index is 182. The van der Waals surface area contributed by atoms with Gasteiger partial charge in [-0.15, -0.1) is 0 Å². The third kappa shape index (κ3) is 3.29. The summed E-state index contributed by atoms with van der Waals surface area (Å²) in [6.07, 6.45) is 4.95. The van der Waals surface area contributed by atoms with Gasteiger partial charge >= 0.3 is 0 Å². The maximum atomic E-state index is 11.7. The molecule has 1 saturated heterocycles. The number of carbonyl (C=O) groups is 1. The molecule has 1 atom stereocenters. The maximum absolute atomic E-state index is 11.7. The summed E-state index contributed by atoms with van der Waals surface area (Å²) in [5, 5.41) is 3.17. The van der Waals surface area contributed by atoms with E-state index in [4.69, 9.17) is 0 Å². The van der Waals surface area contributed by atoms with Crippen LogP contribution in [0.2, 0.25) is 0 Å². The van der Waals surface area contributed by atoms with Gasteiger partial charge in [-0.1, -0.05) is 26.2 Å². The fourth-order valence-corrected chi connectivity index (χ4v) is 1.84. The quantitative estimate of drug-likeness (QED) is 0.677. The molecule has 0 saturated carbocycles. The Morgan fingerprint density at radius 1 is 1.43 bits per heavy atom. The zero-order chi connectivity index (χ0) is 10.4. The summed E-state index contributed by atoms with van der Waals surface area (Å²) in [6.45, 7) is 6.93. The van der Waals surface area contributed by atoms with Gasteiger partial charge in [0.15, 0.2) is 0 Å². The molecule has 1 unspecified atom stereocenters. The molecule has 0 radical (unpaired) electrons. The lowest BCUT2D eigenvalue weighted by atomic mass is 10.1. The average Bonchev–Trinajstić information content (AvgIpc) is 2.19. The molecule has 1 fully saturated rings. The number of nitrogens with zero attached hydrogens (tertiary/aromatic N) is 1. The molecule has 1 rings (SSSR count). The second-order valence-corrected chi connectivity index (χ2v) is 4.06. The summed E-state index contributed by atoms with van der Waals surface area (Å²) in [6, 6.07) is 0.0231. The van der Waals surface area contributed by atoms with Crippen molar-refractivity contribution in [2.75, 3.05) is 19.6 Å². The fourth-order valence-electron chi connectivity index (χ4n) is 1.84. The molecule has 0 spiro atoms. The predicted molar refractivity (Wildman–Crippen MR) is 58.2 cm³/mol. The molecule has 3 nitrogen and oxygen atoms in total. The Hall–Kier alpha value is -0.570. The van der Waals surface area contributed by atoms with E-state index in [1.165, 1.54) is 19.3 Å². The van der Waals surface area contributed by atoms with E-state index in [0.29, 0.717) is 0 Å². The molecule has 0 aliphatic carbocycles. The third-order valence-electron chi connectivity index (χ3n) is 2.80. The number of carbonyl (C=O) groups excluding carboxylic acids is 1. The number of amides is 1. The summed E-state index contributed by atoms with van der Waals surface area (Å²) < 4.78 is 0. The molecule has 0 aromatic heterocycles. The third-order valence-corrected chi connectivity index (χ3v) is 2.80. The van der Waals surface area contributed by atoms with Gasteiger partial charge in [0.2, 0.25) is 5.91 Å². The van der Waals surface area contributed by atoms with Crippen molar-refractivity contribution in [1.29, 1.82) is 0 Å². The van der Waals surface area contributed by atoms with Gasteiger partial charge in [-0.25, -0.2) is 0 Å². The minimum absolute atomic E-state index is 0.0231. The lowest BCUT2D eigenvalue weighted by Gasteiger charge is -2.31. The average molecular weight is 198 g/mol. The van der Waals surface area contributed by atoms with Gasteiger partial charge in [0.05, 0.1) is 6.04 Å². The van der Waals surface area contributed by atoms with Crippen LogP contribution >= 0.6 is 0 Å². The van der Waals surface area contributed by atoms with Crippen LogP contribution in [-0.2, 0) is 4.79 Å². The zero-order valence-electron chi connectivity index (χ0n) is 9.38. The first-order valence-corrected chi connectivity index (χ1v) is 5.78. The second-order valence-electron chi connectivity index (χ2n) is 4.06. The predicted octanol–water partition coefficient (Wildman–Crippen LogP) is 1.39. The van der Waals surface area contributed by atoms with E-state index in [0.717, 1.165) is 26.1 Å². The molecule has 1 N–H and O–H groups in total. The number of piperazine rings is 1. The van der Waals surface area contributed by atoms with Crippen LogP contribution in [0.15, 0.2) is 0 Å². The Kier molecular flexibility index (Phi) is 4.94. The highest BCUT2D eigenvalue weighted by atomic mass is 16.2. The first kappa shape index (κ1) is 11.5. The maximum Gasteiger partial charge on any atom is 0.239 e. The molecule has 3 heteroatoms. The summed E-state index contributed by atoms with van der Waals surface area (Å²) >= 11 is 0. The largest absolute Gasteiger partial charge is 0.340 e. The Balaban J connectivity index is 2.19. The summed E-state index contributed by atoms with van der Waals surface area (Å²) in [4.78, 5) is 13.6. The highest BCUT2D eigenvalue weighted by Gasteiger charge is 2.23. The van der Waals surface area contributed by atoms with Crippen molar-refractivity contribution in [1.82, 2.24) is 10.2 Å². The topological polar surface area (TPSA) is 32.3 Å². The molecule has 1 amide bonds. The molecular weight excluding hydrogens is 176 g/mol. The van der Waals surface area contributed by atoms with Gasteiger partial charge in [0.1, 0.15) is 0 Å². The van der Waals surface area contributed by atoms with E-state index in [9.17, 15) is 4.79 Å². The standard InChI is InChI=1S/C11H22N2O/c1-3-4-5-6-8-13-9-7-12-10(2)11(13)14/h10,12H,3-9H2,1-2H3. The van der Waals surface area contributed by atoms with E-state index in [-0.39, 0.29) is 11.9 Å². The summed E-state index contributed by atoms with van der Waals surface area (Å²) in [7, 11) is 0. The van der Waals surface area contributed by atoms with E-state index in [1.54, 1.807) is 0 Å². The van der Waals surface area contributed by atoms with Crippen molar-refractivity contribution in [3.63, 3.8) is 0 Å². The Morgan fingerprint density at radius 3 is 2.93 bits per heavy atom. The van der Waals surface area contributed by atoms with Crippen LogP contribution in [0.25, 0.3) is 0 Å². The number of nitrogens with one attached hydrogen (secondary N) is 1. The molecule has 0 bridgehead atoms. The molecule has 82 valence electrons. The van der Waals surface area contributed by atoms with Crippen LogP contribution in [-0.4, -0.2) is 36.5 Å². The van der Waals surface area contributed by atoms with Crippen LogP contribution < -0.4 is 5.32 Å². The van der Waals surface area contributed by atoms with Crippen LogP contribution in [0.4, 0.5) is 0 Å². The molecular formula is C11H22N2O. The zero-order valence-corrected chi connectivity index (χ0v) is 9.38. The van der Waals surface area contributed by atoms with Crippen molar-refractivity contribution >= 4 is 5.91 Å². The van der Waals surface area contributed by atoms with Gasteiger partial charge in [-0.2, -0.15) is 0 Å². The first-order chi connectivity index (χ1) is 6.75. The molecule has 0 aromatic rings. The van der Waals surface area contributed by atoms with Crippen LogP contribution in [0.5, 0.6) is 0 Å². The van der Waals surface area contributed by atoms with E-state index < -0.39 is 0 Å². The Labute approximate surface area is 86.9 Å². The van der Waals surface area contributed by atoms with Gasteiger partial charge in [0, 0.05) is 19.6 Å². The normalized spacial score (nSPS) is 22.9. The van der Waals surface area contributed by atoms with Crippen LogP contribution in [0.3, 0.4) is 0 Å². The van der Waals surface area contributed by atoms with E-state index >= 15 is 0 Å². The molecule has 14 heavy (non-hydrogen) atoms. The molecule has 0 aromatic carbocycles. The van der Waals surface area contributed by atoms with Gasteiger partial charge in [-0.05, 0) is 13.3 Å². The monoisotopic (exact) mass is 198 g/mol. The second kappa shape index (κ2) is 6.02. The van der Waals surface area contributed by atoms with Crippen molar-refractivity contribution in [3.8, 4) is 0 Å². The number of hydrogen-bond acceptors (Lipinski definition) is 2. The number of rotatable bonds is 5. The van der Waals surface area contributed by atoms with E-state index in [1.807, 2.05) is 11.8 Å². The summed E-state index contributed by atoms with van der Waals surface area (Å²) in [5.41, 5.74) is 0. The lowest BCUT2D eigenvalue weighted by molar-refractivity contribution is -0.135. The van der Waals surface area contributed by atoms with Crippen LogP contribution in [0, 0.1) is 0 Å². The van der Waals surface area contributed by atoms with Crippen molar-refractivity contribution in [3.05, 3.63) is 0 Å². The minimum Gasteiger partial charge on any atom is -0.340 e. The highest BCUT2D eigenvalue weighted by Crippen LogP contribution is 2.05. The Morgan fingerprint density at radius 2 is 2.21 bits per heavy atom. The fraction of sp³-hybridized carbons (Fsp3) is 0.909. The number of unbranched alkanes of at least 4 members (excludes halogenated alkanes) is 3. The lowest BCUT2D eigenvalue weighted by Crippen LogP contribution is -2.53. The van der Waals surface area contributed by atoms with Crippen molar-refractivity contribution in [2.24, 2.45) is 0 Å². The smallest absolute Gasteiger partial charge is 0.239 e. The van der Waals surface area contributed by atoms with Gasteiger partial charge < -0.3 is 10.2 Å². The first-order valence-electron chi connectivity index (χ1n) is 5.78. The van der Waals surface area contributed by atoms with Crippen LogP contribution in [0.1, 0.15) is 39.5 Å². The highest BCUT2D eigenvalue weighted by molar-refractivity contribution is 5.82. The molecule has 1 aliphatic rings. The van der Waals surface area contributed by atoms with Crippen molar-refractivity contribution < 1.29 is 4.79 Å².